The van der Waals surface area contributed by atoms with E-state index in [9.17, 15) is 4.79 Å². The maximum atomic E-state index is 10.9. The summed E-state index contributed by atoms with van der Waals surface area (Å²) in [5, 5.41) is 8.88. The summed E-state index contributed by atoms with van der Waals surface area (Å²) in [7, 11) is 2.80. The second-order valence-electron chi connectivity index (χ2n) is 3.35. The summed E-state index contributed by atoms with van der Waals surface area (Å²) in [6.45, 7) is 5.67. The van der Waals surface area contributed by atoms with Crippen LogP contribution in [0.5, 0.6) is 11.5 Å². The quantitative estimate of drug-likeness (QED) is 0.796. The van der Waals surface area contributed by atoms with Crippen molar-refractivity contribution in [1.29, 1.82) is 0 Å². The number of aromatic carboxylic acids is 1. The van der Waals surface area contributed by atoms with E-state index in [0.717, 1.165) is 13.2 Å². The van der Waals surface area contributed by atoms with Crippen molar-refractivity contribution < 1.29 is 24.1 Å². The zero-order chi connectivity index (χ0) is 14.8. The van der Waals surface area contributed by atoms with Gasteiger partial charge in [0.15, 0.2) is 11.5 Å². The van der Waals surface area contributed by atoms with E-state index in [-0.39, 0.29) is 17.0 Å². The van der Waals surface area contributed by atoms with Gasteiger partial charge >= 0.3 is 5.97 Å². The van der Waals surface area contributed by atoms with Crippen LogP contribution in [0.2, 0.25) is 0 Å². The highest BCUT2D eigenvalue weighted by Crippen LogP contribution is 2.34. The highest BCUT2D eigenvalue weighted by Gasteiger charge is 2.18. The largest absolute Gasteiger partial charge is 0.493 e. The average Bonchev–Trinajstić information content (AvgIpc) is 2.39. The van der Waals surface area contributed by atoms with Crippen LogP contribution in [0.3, 0.4) is 0 Å². The van der Waals surface area contributed by atoms with Gasteiger partial charge in [-0.15, -0.1) is 0 Å². The van der Waals surface area contributed by atoms with Crippen molar-refractivity contribution in [2.24, 2.45) is 0 Å². The Labute approximate surface area is 113 Å². The fourth-order valence-electron chi connectivity index (χ4n) is 1.37. The number of nitrogens with two attached hydrogens (primary N) is 1. The Morgan fingerprint density at radius 3 is 2.11 bits per heavy atom. The molecule has 0 aromatic heterocycles. The molecule has 0 aliphatic carbocycles. The lowest BCUT2D eigenvalue weighted by molar-refractivity contribution is 0.0694. The molecule has 0 saturated heterocycles. The fraction of sp³-hybridized carbons (Fsp3) is 0.462. The van der Waals surface area contributed by atoms with E-state index in [2.05, 4.69) is 0 Å². The summed E-state index contributed by atoms with van der Waals surface area (Å²) in [5.74, 6) is -0.655. The monoisotopic (exact) mass is 271 g/mol. The molecule has 1 aromatic carbocycles. The van der Waals surface area contributed by atoms with Gasteiger partial charge in [0, 0.05) is 13.2 Å². The Kier molecular flexibility index (Phi) is 8.12. The van der Waals surface area contributed by atoms with Crippen molar-refractivity contribution >= 4 is 11.7 Å². The van der Waals surface area contributed by atoms with Crippen molar-refractivity contribution in [3.05, 3.63) is 17.7 Å². The zero-order valence-electron chi connectivity index (χ0n) is 11.7. The molecule has 0 saturated carbocycles. The minimum absolute atomic E-state index is 0.0770. The normalized spacial score (nSPS) is 9.26. The van der Waals surface area contributed by atoms with Crippen LogP contribution in [0, 0.1) is 0 Å². The fourth-order valence-corrected chi connectivity index (χ4v) is 1.37. The summed E-state index contributed by atoms with van der Waals surface area (Å²) >= 11 is 0. The maximum Gasteiger partial charge on any atom is 0.341 e. The predicted octanol–water partition coefficient (Wildman–Crippen LogP) is 2.03. The zero-order valence-corrected chi connectivity index (χ0v) is 11.7. The smallest absolute Gasteiger partial charge is 0.341 e. The highest BCUT2D eigenvalue weighted by atomic mass is 16.5. The number of rotatable bonds is 5. The molecule has 0 spiro atoms. The van der Waals surface area contributed by atoms with Gasteiger partial charge in [0.1, 0.15) is 5.56 Å². The highest BCUT2D eigenvalue weighted by molar-refractivity contribution is 5.97. The van der Waals surface area contributed by atoms with Crippen LogP contribution in [-0.4, -0.2) is 38.5 Å². The summed E-state index contributed by atoms with van der Waals surface area (Å²) in [5.41, 5.74) is 5.58. The first-order valence-electron chi connectivity index (χ1n) is 5.84. The lowest BCUT2D eigenvalue weighted by Gasteiger charge is -2.11. The number of methoxy groups -OCH3 is 2. The van der Waals surface area contributed by atoms with E-state index in [1.807, 2.05) is 13.8 Å². The van der Waals surface area contributed by atoms with Gasteiger partial charge in [-0.05, 0) is 26.0 Å². The van der Waals surface area contributed by atoms with E-state index < -0.39 is 5.97 Å². The van der Waals surface area contributed by atoms with Gasteiger partial charge < -0.3 is 25.1 Å². The van der Waals surface area contributed by atoms with Crippen LogP contribution in [-0.2, 0) is 4.74 Å². The third kappa shape index (κ3) is 5.05. The molecule has 0 aliphatic rings. The first-order valence-corrected chi connectivity index (χ1v) is 5.84. The van der Waals surface area contributed by atoms with E-state index in [1.54, 1.807) is 6.07 Å². The number of hydrogen-bond donors (Lipinski definition) is 2. The third-order valence-corrected chi connectivity index (χ3v) is 2.20. The Balaban J connectivity index is 0.000000555. The summed E-state index contributed by atoms with van der Waals surface area (Å²) in [6.07, 6.45) is 0. The second kappa shape index (κ2) is 9.04. The van der Waals surface area contributed by atoms with Crippen LogP contribution in [0.15, 0.2) is 12.1 Å². The van der Waals surface area contributed by atoms with Crippen molar-refractivity contribution in [2.45, 2.75) is 13.8 Å². The average molecular weight is 271 g/mol. The number of carboxylic acid groups (broad SMARTS) is 1. The lowest BCUT2D eigenvalue weighted by atomic mass is 10.1. The molecule has 6 nitrogen and oxygen atoms in total. The molecule has 108 valence electrons. The molecule has 0 unspecified atom stereocenters. The van der Waals surface area contributed by atoms with Gasteiger partial charge in [-0.1, -0.05) is 0 Å². The summed E-state index contributed by atoms with van der Waals surface area (Å²) in [4.78, 5) is 10.9. The van der Waals surface area contributed by atoms with Gasteiger partial charge in [-0.2, -0.15) is 0 Å². The molecule has 0 heterocycles. The molecule has 0 bridgehead atoms. The van der Waals surface area contributed by atoms with Crippen molar-refractivity contribution in [2.75, 3.05) is 33.2 Å². The maximum absolute atomic E-state index is 10.9. The topological polar surface area (TPSA) is 91.0 Å². The van der Waals surface area contributed by atoms with Crippen LogP contribution in [0.1, 0.15) is 24.2 Å². The molecule has 6 heteroatoms. The number of hydrogen-bond acceptors (Lipinski definition) is 5. The van der Waals surface area contributed by atoms with Gasteiger partial charge in [-0.3, -0.25) is 0 Å². The molecule has 19 heavy (non-hydrogen) atoms. The number of benzene rings is 1. The molecule has 0 amide bonds. The molecule has 0 fully saturated rings. The van der Waals surface area contributed by atoms with Crippen LogP contribution >= 0.6 is 0 Å². The number of carboxylic acids is 1. The number of carbonyl (C=O) groups is 1. The van der Waals surface area contributed by atoms with Crippen molar-refractivity contribution in [1.82, 2.24) is 0 Å². The number of anilines is 1. The molecule has 3 N–H and O–H groups in total. The number of ether oxygens (including phenoxy) is 3. The lowest BCUT2D eigenvalue weighted by Crippen LogP contribution is -2.06. The van der Waals surface area contributed by atoms with E-state index in [4.69, 9.17) is 25.1 Å². The van der Waals surface area contributed by atoms with Crippen LogP contribution in [0.4, 0.5) is 5.69 Å². The summed E-state index contributed by atoms with van der Waals surface area (Å²) < 4.78 is 14.7. The van der Waals surface area contributed by atoms with Gasteiger partial charge in [0.05, 0.1) is 19.9 Å². The molecule has 0 radical (unpaired) electrons. The van der Waals surface area contributed by atoms with Gasteiger partial charge in [0.25, 0.3) is 0 Å². The van der Waals surface area contributed by atoms with Crippen molar-refractivity contribution in [3.63, 3.8) is 0 Å². The predicted molar refractivity (Wildman–Crippen MR) is 73.1 cm³/mol. The third-order valence-electron chi connectivity index (χ3n) is 2.20. The first-order chi connectivity index (χ1) is 9.03. The SMILES string of the molecule is CCOCC.COc1ccc(N)c(C(=O)O)c1OC. The number of nitrogen functional groups attached to an aromatic ring is 1. The van der Waals surface area contributed by atoms with Crippen LogP contribution < -0.4 is 15.2 Å². The van der Waals surface area contributed by atoms with E-state index >= 15 is 0 Å². The molecule has 0 aliphatic heterocycles. The van der Waals surface area contributed by atoms with Gasteiger partial charge in [-0.25, -0.2) is 4.79 Å². The Hall–Kier alpha value is -1.95. The Morgan fingerprint density at radius 1 is 1.21 bits per heavy atom. The Morgan fingerprint density at radius 2 is 1.79 bits per heavy atom. The van der Waals surface area contributed by atoms with E-state index in [1.165, 1.54) is 20.3 Å². The summed E-state index contributed by atoms with van der Waals surface area (Å²) in [6, 6.07) is 3.02. The second-order valence-corrected chi connectivity index (χ2v) is 3.35. The van der Waals surface area contributed by atoms with Crippen molar-refractivity contribution in [3.8, 4) is 11.5 Å². The standard InChI is InChI=1S/C9H11NO4.C4H10O/c1-13-6-4-3-5(10)7(9(11)12)8(6)14-2;1-3-5-4-2/h3-4H,10H2,1-2H3,(H,11,12);3-4H2,1-2H3. The molecule has 1 aromatic rings. The Bertz CT molecular complexity index is 404. The first kappa shape index (κ1) is 17.1. The van der Waals surface area contributed by atoms with Crippen LogP contribution in [0.25, 0.3) is 0 Å². The molecular formula is C13H21NO5. The van der Waals surface area contributed by atoms with Gasteiger partial charge in [0.2, 0.25) is 0 Å². The minimum Gasteiger partial charge on any atom is -0.493 e. The molecular weight excluding hydrogens is 250 g/mol. The van der Waals surface area contributed by atoms with E-state index in [0.29, 0.717) is 5.75 Å². The molecule has 1 rings (SSSR count). The molecule has 0 atom stereocenters. The minimum atomic E-state index is -1.14.